The van der Waals surface area contributed by atoms with E-state index in [9.17, 15) is 4.79 Å². The number of hydrogen-bond donors (Lipinski definition) is 1. The van der Waals surface area contributed by atoms with Crippen LogP contribution in [0.15, 0.2) is 16.8 Å². The molecule has 1 unspecified atom stereocenters. The molecule has 0 spiro atoms. The van der Waals surface area contributed by atoms with E-state index in [1.54, 1.807) is 11.3 Å². The van der Waals surface area contributed by atoms with Gasteiger partial charge in [-0.1, -0.05) is 5.21 Å². The van der Waals surface area contributed by atoms with Crippen molar-refractivity contribution in [2.24, 2.45) is 5.92 Å². The molecule has 1 aliphatic heterocycles. The first-order valence-electron chi connectivity index (χ1n) is 6.51. The molecule has 0 aliphatic carbocycles. The third-order valence-electron chi connectivity index (χ3n) is 3.30. The third-order valence-corrected chi connectivity index (χ3v) is 3.98. The van der Waals surface area contributed by atoms with E-state index < -0.39 is 0 Å². The summed E-state index contributed by atoms with van der Waals surface area (Å²) in [5, 5.41) is 15.4. The molecule has 3 heterocycles. The van der Waals surface area contributed by atoms with Crippen molar-refractivity contribution < 1.29 is 9.53 Å². The third kappa shape index (κ3) is 2.73. The maximum absolute atomic E-state index is 11.0. The molecule has 2 aromatic heterocycles. The number of hydrogen-bond acceptors (Lipinski definition) is 5. The summed E-state index contributed by atoms with van der Waals surface area (Å²) in [5.74, 6) is 0.198. The molecule has 2 aromatic rings. The number of nitrogens with zero attached hydrogens (tertiary/aromatic N) is 3. The van der Waals surface area contributed by atoms with Gasteiger partial charge in [0.25, 0.3) is 0 Å². The average Bonchev–Trinajstić information content (AvgIpc) is 3.02. The number of aromatic nitrogens is 3. The lowest BCUT2D eigenvalue weighted by molar-refractivity contribution is -0.119. The monoisotopic (exact) mass is 292 g/mol. The van der Waals surface area contributed by atoms with Crippen molar-refractivity contribution in [3.63, 3.8) is 0 Å². The lowest BCUT2D eigenvalue weighted by Gasteiger charge is -2.13. The minimum atomic E-state index is -0.0213. The molecule has 6 nitrogen and oxygen atoms in total. The summed E-state index contributed by atoms with van der Waals surface area (Å²) in [4.78, 5) is 11.0. The quantitative estimate of drug-likeness (QED) is 0.925. The average molecular weight is 292 g/mol. The van der Waals surface area contributed by atoms with Gasteiger partial charge in [0.05, 0.1) is 18.9 Å². The second-order valence-electron chi connectivity index (χ2n) is 4.90. The second kappa shape index (κ2) is 5.72. The fourth-order valence-electron chi connectivity index (χ4n) is 2.28. The Morgan fingerprint density at radius 2 is 2.55 bits per heavy atom. The maximum atomic E-state index is 11.0. The zero-order chi connectivity index (χ0) is 13.9. The molecule has 0 aromatic carbocycles. The van der Waals surface area contributed by atoms with Crippen LogP contribution in [0.4, 0.5) is 0 Å². The minimum Gasteiger partial charge on any atom is -0.375 e. The van der Waals surface area contributed by atoms with Gasteiger partial charge in [0, 0.05) is 36.9 Å². The fourth-order valence-corrected chi connectivity index (χ4v) is 2.92. The zero-order valence-electron chi connectivity index (χ0n) is 11.2. The summed E-state index contributed by atoms with van der Waals surface area (Å²) in [5.41, 5.74) is 2.99. The fraction of sp³-hybridized carbons (Fsp3) is 0.462. The van der Waals surface area contributed by atoms with Gasteiger partial charge in [-0.25, -0.2) is 4.68 Å². The molecular formula is C13H16N4O2S. The molecule has 0 saturated carbocycles. The summed E-state index contributed by atoms with van der Waals surface area (Å²) in [6.07, 6.45) is 0. The summed E-state index contributed by atoms with van der Waals surface area (Å²) in [7, 11) is 0. The van der Waals surface area contributed by atoms with E-state index in [4.69, 9.17) is 4.74 Å². The Morgan fingerprint density at radius 3 is 3.30 bits per heavy atom. The predicted molar refractivity (Wildman–Crippen MR) is 75.2 cm³/mol. The standard InChI is InChI=1S/C13H16N4O2S/c1-9(18)14-4-10-5-17-12(7-19-6-10)13(15-16-17)11-2-3-20-8-11/h2-3,8,10H,4-7H2,1H3,(H,14,18). The summed E-state index contributed by atoms with van der Waals surface area (Å²) >= 11 is 1.64. The van der Waals surface area contributed by atoms with Crippen LogP contribution in [0, 0.1) is 5.92 Å². The van der Waals surface area contributed by atoms with Gasteiger partial charge < -0.3 is 10.1 Å². The molecule has 3 rings (SSSR count). The molecule has 0 radical (unpaired) electrons. The number of thiophene rings is 1. The van der Waals surface area contributed by atoms with Crippen molar-refractivity contribution in [1.29, 1.82) is 0 Å². The first kappa shape index (κ1) is 13.3. The largest absolute Gasteiger partial charge is 0.375 e. The highest BCUT2D eigenvalue weighted by Crippen LogP contribution is 2.26. The van der Waals surface area contributed by atoms with Crippen LogP contribution in [0.3, 0.4) is 0 Å². The van der Waals surface area contributed by atoms with E-state index in [2.05, 4.69) is 21.0 Å². The SMILES string of the molecule is CC(=O)NCC1COCc2c(-c3ccsc3)nnn2C1. The van der Waals surface area contributed by atoms with Gasteiger partial charge in [0.2, 0.25) is 5.91 Å². The van der Waals surface area contributed by atoms with E-state index in [1.165, 1.54) is 6.92 Å². The Labute approximate surface area is 120 Å². The van der Waals surface area contributed by atoms with Crippen LogP contribution in [0.25, 0.3) is 11.3 Å². The van der Waals surface area contributed by atoms with Crippen LogP contribution >= 0.6 is 11.3 Å². The molecule has 1 atom stereocenters. The van der Waals surface area contributed by atoms with Crippen molar-refractivity contribution in [2.45, 2.75) is 20.1 Å². The van der Waals surface area contributed by atoms with Crippen LogP contribution in [-0.4, -0.2) is 34.1 Å². The van der Waals surface area contributed by atoms with Gasteiger partial charge in [0.1, 0.15) is 5.69 Å². The molecule has 0 saturated heterocycles. The van der Waals surface area contributed by atoms with Gasteiger partial charge >= 0.3 is 0 Å². The smallest absolute Gasteiger partial charge is 0.216 e. The van der Waals surface area contributed by atoms with E-state index >= 15 is 0 Å². The van der Waals surface area contributed by atoms with E-state index in [-0.39, 0.29) is 11.8 Å². The maximum Gasteiger partial charge on any atom is 0.216 e. The van der Waals surface area contributed by atoms with Crippen LogP contribution < -0.4 is 5.32 Å². The first-order valence-corrected chi connectivity index (χ1v) is 7.45. The first-order chi connectivity index (χ1) is 9.74. The summed E-state index contributed by atoms with van der Waals surface area (Å²) in [6.45, 7) is 3.96. The van der Waals surface area contributed by atoms with Gasteiger partial charge in [-0.2, -0.15) is 11.3 Å². The minimum absolute atomic E-state index is 0.0213. The summed E-state index contributed by atoms with van der Waals surface area (Å²) < 4.78 is 7.61. The van der Waals surface area contributed by atoms with Crippen LogP contribution in [-0.2, 0) is 22.7 Å². The topological polar surface area (TPSA) is 69.0 Å². The number of carbonyl (C=O) groups excluding carboxylic acids is 1. The Bertz CT molecular complexity index is 594. The Morgan fingerprint density at radius 1 is 1.65 bits per heavy atom. The van der Waals surface area contributed by atoms with E-state index in [1.807, 2.05) is 16.1 Å². The highest BCUT2D eigenvalue weighted by atomic mass is 32.1. The van der Waals surface area contributed by atoms with Crippen molar-refractivity contribution in [3.05, 3.63) is 22.5 Å². The second-order valence-corrected chi connectivity index (χ2v) is 5.68. The highest BCUT2D eigenvalue weighted by Gasteiger charge is 2.22. The Kier molecular flexibility index (Phi) is 3.79. The number of ether oxygens (including phenoxy) is 1. The lowest BCUT2D eigenvalue weighted by atomic mass is 10.1. The molecule has 1 aliphatic rings. The van der Waals surface area contributed by atoms with Crippen LogP contribution in [0.2, 0.25) is 0 Å². The molecule has 1 N–H and O–H groups in total. The van der Waals surface area contributed by atoms with Crippen molar-refractivity contribution in [1.82, 2.24) is 20.3 Å². The van der Waals surface area contributed by atoms with Gasteiger partial charge in [-0.05, 0) is 11.4 Å². The van der Waals surface area contributed by atoms with Gasteiger partial charge in [-0.15, -0.1) is 5.10 Å². The molecule has 0 bridgehead atoms. The van der Waals surface area contributed by atoms with Gasteiger partial charge in [0.15, 0.2) is 0 Å². The van der Waals surface area contributed by atoms with Crippen molar-refractivity contribution >= 4 is 17.2 Å². The Balaban J connectivity index is 1.79. The van der Waals surface area contributed by atoms with Crippen LogP contribution in [0.1, 0.15) is 12.6 Å². The molecule has 0 fully saturated rings. The molecule has 1 amide bonds. The zero-order valence-corrected chi connectivity index (χ0v) is 12.0. The molecule has 20 heavy (non-hydrogen) atoms. The molecule has 106 valence electrons. The number of carbonyl (C=O) groups is 1. The van der Waals surface area contributed by atoms with Crippen molar-refractivity contribution in [3.8, 4) is 11.3 Å². The molecule has 7 heteroatoms. The number of nitrogens with one attached hydrogen (secondary N) is 1. The number of amides is 1. The molecular weight excluding hydrogens is 276 g/mol. The summed E-state index contributed by atoms with van der Waals surface area (Å²) in [6, 6.07) is 2.04. The van der Waals surface area contributed by atoms with Gasteiger partial charge in [-0.3, -0.25) is 4.79 Å². The van der Waals surface area contributed by atoms with Crippen LogP contribution in [0.5, 0.6) is 0 Å². The number of fused-ring (bicyclic) bond motifs is 1. The normalized spacial score (nSPS) is 18.4. The highest BCUT2D eigenvalue weighted by molar-refractivity contribution is 7.08. The van der Waals surface area contributed by atoms with E-state index in [0.29, 0.717) is 26.3 Å². The number of rotatable bonds is 3. The van der Waals surface area contributed by atoms with Crippen molar-refractivity contribution in [2.75, 3.05) is 13.2 Å². The van der Waals surface area contributed by atoms with E-state index in [0.717, 1.165) is 17.0 Å². The lowest BCUT2D eigenvalue weighted by Crippen LogP contribution is -2.31. The predicted octanol–water partition coefficient (Wildman–Crippen LogP) is 1.29. The Hall–Kier alpha value is -1.73.